The molecule has 20 aromatic rings. The minimum absolute atomic E-state index is 0.0212. The highest BCUT2D eigenvalue weighted by Gasteiger charge is 2.44. The smallest absolute Gasteiger partial charge is 0.227 e. The Morgan fingerprint density at radius 1 is 0.254 bits per heavy atom. The SMILES string of the molecule is [2H]C(C)(C)N1c2ccccc2N(c2c(C)ccc3c2oc2nc(C)ccc23)C1C.[2H]C(C)(C)N1c2cccnc2N(c2c(C)ccc3c2oc2nc(C)ccc23)C1C.[2H]C([2H])([2H])C([2H])(C)N1c2ccccc2N(c2c(C)ccc3c2oc2nc(C)ccc23)C1C.[2H]C([2H])([2H])C([2H])(C)N1c2cccnc2N(c2c(C)ccc3c2oc2nc(C)ccc23)C1C.[2H]C([2H])([2H])N1c2cccnc2N(c2c(C)ccc3c2oc2nc(C)ccc23)C1C. The summed E-state index contributed by atoms with van der Waals surface area (Å²) in [6, 6.07) is 62.6. The average Bonchev–Trinajstić information content (AvgIpc) is 1.56. The van der Waals surface area contributed by atoms with Crippen molar-refractivity contribution in [1.82, 2.24) is 39.9 Å². The Morgan fingerprint density at radius 3 is 0.775 bits per heavy atom. The van der Waals surface area contributed by atoms with E-state index in [0.29, 0.717) is 68.3 Å². The number of hydrogen-bond donors (Lipinski definition) is 0. The Bertz CT molecular complexity index is 8170. The topological polar surface area (TPSA) is 201 Å². The summed E-state index contributed by atoms with van der Waals surface area (Å²) in [4.78, 5) is 56.1. The number of aromatic nitrogens is 8. The number of nitrogens with zero attached hydrogens (tertiary/aromatic N) is 18. The average molecular weight is 1850 g/mol. The second-order valence-electron chi connectivity index (χ2n) is 37.0. The second-order valence-corrected chi connectivity index (χ2v) is 37.0. The lowest BCUT2D eigenvalue weighted by Crippen LogP contribution is -2.42. The van der Waals surface area contributed by atoms with Crippen molar-refractivity contribution in [3.8, 4) is 0 Å². The van der Waals surface area contributed by atoms with Gasteiger partial charge >= 0.3 is 0 Å². The lowest BCUT2D eigenvalue weighted by Gasteiger charge is -2.33. The summed E-state index contributed by atoms with van der Waals surface area (Å²) in [7, 11) is 0. The van der Waals surface area contributed by atoms with Crippen molar-refractivity contribution >= 4 is 196 Å². The molecule has 0 saturated heterocycles. The van der Waals surface area contributed by atoms with Crippen LogP contribution in [-0.4, -0.2) is 102 Å². The molecule has 5 aliphatic heterocycles. The molecule has 7 atom stereocenters. The van der Waals surface area contributed by atoms with Crippen LogP contribution in [0.5, 0.6) is 0 Å². The van der Waals surface area contributed by atoms with Gasteiger partial charge in [0.2, 0.25) is 28.6 Å². The van der Waals surface area contributed by atoms with E-state index < -0.39 is 63.2 Å². The van der Waals surface area contributed by atoms with Crippen molar-refractivity contribution < 1.29 is 39.9 Å². The maximum absolute atomic E-state index is 8.82. The number of aryl methyl sites for hydroxylation is 10. The molecule has 25 rings (SSSR count). The summed E-state index contributed by atoms with van der Waals surface area (Å²) in [5.74, 6) is 2.06. The number of furan rings is 5. The molecule has 0 N–H and O–H groups in total. The van der Waals surface area contributed by atoms with Gasteiger partial charge < -0.3 is 71.1 Å². The van der Waals surface area contributed by atoms with E-state index in [4.69, 9.17) is 44.9 Å². The molecule has 23 heteroatoms. The zero-order chi connectivity index (χ0) is 107. The van der Waals surface area contributed by atoms with Crippen molar-refractivity contribution in [2.75, 3.05) is 56.0 Å². The van der Waals surface area contributed by atoms with E-state index in [1.54, 1.807) is 46.6 Å². The number of para-hydroxylation sites is 4. The largest absolute Gasteiger partial charge is 0.435 e. The molecule has 0 fully saturated rings. The van der Waals surface area contributed by atoms with Crippen molar-refractivity contribution in [3.63, 3.8) is 0 Å². The zero-order valence-corrected chi connectivity index (χ0v) is 81.3. The number of fused-ring (bicyclic) bond motifs is 20. The molecule has 13 aromatic heterocycles. The van der Waals surface area contributed by atoms with Crippen LogP contribution >= 0.6 is 0 Å². The summed E-state index contributed by atoms with van der Waals surface area (Å²) >= 11 is 0. The molecule has 7 unspecified atom stereocenters. The highest BCUT2D eigenvalue weighted by atomic mass is 16.4. The summed E-state index contributed by atoms with van der Waals surface area (Å²) in [5, 5.41) is 9.80. The Morgan fingerprint density at radius 2 is 0.486 bits per heavy atom. The number of rotatable bonds is 9. The fraction of sp³-hybridized carbons (Fsp3) is 0.287. The second kappa shape index (κ2) is 34.5. The van der Waals surface area contributed by atoms with Gasteiger partial charge in [0, 0.05) is 144 Å². The van der Waals surface area contributed by atoms with E-state index >= 15 is 0 Å². The predicted octanol–water partition coefficient (Wildman–Crippen LogP) is 29.0. The highest BCUT2D eigenvalue weighted by molar-refractivity contribution is 6.15. The van der Waals surface area contributed by atoms with E-state index in [2.05, 4.69) is 142 Å². The predicted molar refractivity (Wildman–Crippen MR) is 567 cm³/mol. The monoisotopic (exact) mass is 1840 g/mol. The van der Waals surface area contributed by atoms with Crippen LogP contribution in [0.25, 0.3) is 110 Å². The van der Waals surface area contributed by atoms with Gasteiger partial charge in [-0.15, -0.1) is 0 Å². The molecule has 5 aliphatic rings. The molecule has 23 nitrogen and oxygen atoms in total. The molecular weight excluding hydrogens is 1710 g/mol. The van der Waals surface area contributed by atoms with Crippen LogP contribution in [0.4, 0.5) is 85.7 Å². The molecular formula is C115H118N18O5. The fourth-order valence-electron chi connectivity index (χ4n) is 21.2. The minimum Gasteiger partial charge on any atom is -0.435 e. The van der Waals surface area contributed by atoms with Crippen LogP contribution in [0.3, 0.4) is 0 Å². The zero-order valence-electron chi connectivity index (χ0n) is 94.3. The standard InChI is InChI=1S/2C24H25N3O.2C23H24N4O.C21H20N4O/c2*1-14(2)26-17(5)27(21-9-7-6-8-20(21)26)22-15(3)10-12-18-19-13-11-16(4)25-24(19)28-23(18)22;2*1-13(2)26-16(5)27(22-19(26)7-6-12-24-22)20-14(3)8-10-17-18-11-9-15(4)25-23(18)28-21(17)20;1-12-7-9-15-16-10-8-13(2)23-21(16)26-19(15)18(12)25-14(3)24(4)17-6-5-11-22-20(17)25/h2*6-14,17H,1-5H3;2*6-13,16H,1-5H3;5-11,14H,1-4H3/i1D3,14D;14D;1D3,13D;13D;4D3. The van der Waals surface area contributed by atoms with Crippen LogP contribution in [0.2, 0.25) is 0 Å². The Hall–Kier alpha value is -15.3. The third-order valence-corrected chi connectivity index (χ3v) is 27.3. The van der Waals surface area contributed by atoms with Gasteiger partial charge in [0.15, 0.2) is 45.4 Å². The maximum Gasteiger partial charge on any atom is 0.227 e. The van der Waals surface area contributed by atoms with Gasteiger partial charge in [-0.25, -0.2) is 39.9 Å². The van der Waals surface area contributed by atoms with Gasteiger partial charge in [0.1, 0.15) is 30.8 Å². The molecule has 0 radical (unpaired) electrons. The Labute approximate surface area is 822 Å². The van der Waals surface area contributed by atoms with Gasteiger partial charge in [-0.2, -0.15) is 0 Å². The lowest BCUT2D eigenvalue weighted by atomic mass is 10.1. The fourth-order valence-corrected chi connectivity index (χ4v) is 21.2. The first-order valence-corrected chi connectivity index (χ1v) is 46.8. The first-order chi connectivity index (χ1) is 71.3. The summed E-state index contributed by atoms with van der Waals surface area (Å²) < 4.78 is 139. The van der Waals surface area contributed by atoms with Crippen molar-refractivity contribution in [2.24, 2.45) is 0 Å². The number of anilines is 15. The maximum atomic E-state index is 8.82. The van der Waals surface area contributed by atoms with Crippen LogP contribution in [0.1, 0.15) is 164 Å². The molecule has 0 amide bonds. The first kappa shape index (κ1) is 75.0. The van der Waals surface area contributed by atoms with Crippen molar-refractivity contribution in [3.05, 3.63) is 281 Å². The van der Waals surface area contributed by atoms with E-state index in [1.165, 1.54) is 18.7 Å². The lowest BCUT2D eigenvalue weighted by molar-refractivity contribution is 0.601. The molecule has 0 spiro atoms. The van der Waals surface area contributed by atoms with E-state index in [-0.39, 0.29) is 12.3 Å². The summed E-state index contributed by atoms with van der Waals surface area (Å²) in [6.07, 6.45) is 3.71. The number of pyridine rings is 8. The van der Waals surface area contributed by atoms with Gasteiger partial charge in [-0.05, 0) is 308 Å². The van der Waals surface area contributed by atoms with Crippen molar-refractivity contribution in [2.45, 2.75) is 214 Å². The van der Waals surface area contributed by atoms with Crippen LogP contribution in [0, 0.1) is 69.2 Å². The molecule has 138 heavy (non-hydrogen) atoms. The Balaban J connectivity index is 0.000000110. The van der Waals surface area contributed by atoms with Gasteiger partial charge in [-0.3, -0.25) is 0 Å². The molecule has 698 valence electrons. The molecule has 7 aromatic carbocycles. The highest BCUT2D eigenvalue weighted by Crippen LogP contribution is 2.56. The normalized spacial score (nSPS) is 19.3. The molecule has 0 bridgehead atoms. The van der Waals surface area contributed by atoms with Crippen LogP contribution < -0.4 is 49.0 Å². The van der Waals surface area contributed by atoms with E-state index in [0.717, 1.165) is 184 Å². The van der Waals surface area contributed by atoms with E-state index in [9.17, 15) is 0 Å². The van der Waals surface area contributed by atoms with Crippen LogP contribution in [-0.2, 0) is 0 Å². The minimum atomic E-state index is -2.52. The quantitative estimate of drug-likeness (QED) is 0.132. The number of hydrogen-bond acceptors (Lipinski definition) is 23. The Kier molecular flexibility index (Phi) is 18.8. The van der Waals surface area contributed by atoms with Crippen LogP contribution in [0.15, 0.2) is 247 Å². The van der Waals surface area contributed by atoms with E-state index in [1.807, 2.05) is 247 Å². The molecule has 18 heterocycles. The molecule has 0 saturated carbocycles. The third kappa shape index (κ3) is 14.5. The third-order valence-electron chi connectivity index (χ3n) is 27.3. The summed E-state index contributed by atoms with van der Waals surface area (Å²) in [5.41, 5.74) is 26.8. The van der Waals surface area contributed by atoms with Gasteiger partial charge in [-0.1, -0.05) is 84.9 Å². The number of benzene rings is 7. The summed E-state index contributed by atoms with van der Waals surface area (Å²) in [6.45, 7) is 33.2. The molecule has 0 aliphatic carbocycles. The van der Waals surface area contributed by atoms with Gasteiger partial charge in [0.25, 0.3) is 0 Å². The first-order valence-electron chi connectivity index (χ1n) is 53.3. The van der Waals surface area contributed by atoms with Gasteiger partial charge in [0.05, 0.1) is 73.7 Å². The van der Waals surface area contributed by atoms with Crippen molar-refractivity contribution in [1.29, 1.82) is 0 Å².